The molecule has 118 valence electrons. The topological polar surface area (TPSA) is 32.7 Å². The highest BCUT2D eigenvalue weighted by molar-refractivity contribution is 5.28. The van der Waals surface area contributed by atoms with E-state index in [1.807, 2.05) is 7.05 Å². The summed E-state index contributed by atoms with van der Waals surface area (Å²) < 4.78 is 42.9. The summed E-state index contributed by atoms with van der Waals surface area (Å²) in [5.41, 5.74) is -0.689. The van der Waals surface area contributed by atoms with Gasteiger partial charge in [0.1, 0.15) is 5.75 Å². The van der Waals surface area contributed by atoms with E-state index < -0.39 is 11.7 Å². The van der Waals surface area contributed by atoms with Crippen molar-refractivity contribution in [3.05, 3.63) is 29.8 Å². The van der Waals surface area contributed by atoms with Crippen LogP contribution < -0.4 is 4.74 Å². The molecule has 6 heteroatoms. The standard InChI is InChI=1S/C15H20F3NO2/c1-19-7-6-11(8-19)12(9-20)10-21-14-4-2-13(3-5-14)15(16,17)18/h2-5,11-12,20H,6-10H2,1H3. The van der Waals surface area contributed by atoms with Crippen molar-refractivity contribution in [2.24, 2.45) is 11.8 Å². The predicted molar refractivity (Wildman–Crippen MR) is 73.1 cm³/mol. The van der Waals surface area contributed by atoms with Crippen LogP contribution in [0.25, 0.3) is 0 Å². The smallest absolute Gasteiger partial charge is 0.416 e. The Labute approximate surface area is 122 Å². The van der Waals surface area contributed by atoms with Gasteiger partial charge in [-0.1, -0.05) is 0 Å². The summed E-state index contributed by atoms with van der Waals surface area (Å²) in [5.74, 6) is 0.777. The first-order chi connectivity index (χ1) is 9.90. The zero-order valence-electron chi connectivity index (χ0n) is 11.9. The van der Waals surface area contributed by atoms with E-state index in [1.54, 1.807) is 0 Å². The molecule has 2 rings (SSSR count). The minimum atomic E-state index is -4.33. The van der Waals surface area contributed by atoms with Crippen molar-refractivity contribution in [3.63, 3.8) is 0 Å². The van der Waals surface area contributed by atoms with E-state index in [0.29, 0.717) is 18.3 Å². The number of halogens is 3. The van der Waals surface area contributed by atoms with Crippen molar-refractivity contribution in [2.45, 2.75) is 12.6 Å². The molecule has 21 heavy (non-hydrogen) atoms. The van der Waals surface area contributed by atoms with Crippen LogP contribution in [-0.2, 0) is 6.18 Å². The molecule has 1 saturated heterocycles. The quantitative estimate of drug-likeness (QED) is 0.908. The molecule has 2 unspecified atom stereocenters. The monoisotopic (exact) mass is 303 g/mol. The number of hydrogen-bond donors (Lipinski definition) is 1. The highest BCUT2D eigenvalue weighted by Crippen LogP contribution is 2.30. The summed E-state index contributed by atoms with van der Waals surface area (Å²) in [6.07, 6.45) is -3.32. The number of rotatable bonds is 5. The maximum Gasteiger partial charge on any atom is 0.416 e. The van der Waals surface area contributed by atoms with Gasteiger partial charge in [0.25, 0.3) is 0 Å². The van der Waals surface area contributed by atoms with Gasteiger partial charge in [0, 0.05) is 19.1 Å². The van der Waals surface area contributed by atoms with Crippen LogP contribution in [0.15, 0.2) is 24.3 Å². The number of benzene rings is 1. The lowest BCUT2D eigenvalue weighted by Gasteiger charge is -2.21. The minimum Gasteiger partial charge on any atom is -0.493 e. The zero-order chi connectivity index (χ0) is 15.5. The summed E-state index contributed by atoms with van der Waals surface area (Å²) in [7, 11) is 2.03. The van der Waals surface area contributed by atoms with Crippen molar-refractivity contribution >= 4 is 0 Å². The summed E-state index contributed by atoms with van der Waals surface area (Å²) in [5, 5.41) is 9.45. The van der Waals surface area contributed by atoms with Gasteiger partial charge in [-0.2, -0.15) is 13.2 Å². The number of aliphatic hydroxyl groups is 1. The third-order valence-corrected chi connectivity index (χ3v) is 3.97. The van der Waals surface area contributed by atoms with Gasteiger partial charge in [0.15, 0.2) is 0 Å². The van der Waals surface area contributed by atoms with Gasteiger partial charge in [-0.05, 0) is 50.2 Å². The second kappa shape index (κ2) is 6.66. The second-order valence-electron chi connectivity index (χ2n) is 5.59. The molecular formula is C15H20F3NO2. The van der Waals surface area contributed by atoms with Gasteiger partial charge >= 0.3 is 6.18 Å². The van der Waals surface area contributed by atoms with E-state index in [4.69, 9.17) is 4.74 Å². The molecule has 1 aromatic carbocycles. The lowest BCUT2D eigenvalue weighted by Crippen LogP contribution is -2.27. The summed E-state index contributed by atoms with van der Waals surface area (Å²) in [6, 6.07) is 4.65. The molecule has 0 aliphatic carbocycles. The van der Waals surface area contributed by atoms with Crippen LogP contribution in [0.5, 0.6) is 5.75 Å². The molecule has 0 amide bonds. The molecule has 1 aromatic rings. The van der Waals surface area contributed by atoms with E-state index in [2.05, 4.69) is 4.90 Å². The molecule has 0 spiro atoms. The van der Waals surface area contributed by atoms with E-state index in [-0.39, 0.29) is 12.5 Å². The first-order valence-electron chi connectivity index (χ1n) is 6.99. The highest BCUT2D eigenvalue weighted by Gasteiger charge is 2.30. The predicted octanol–water partition coefficient (Wildman–Crippen LogP) is 2.64. The Balaban J connectivity index is 1.89. The fourth-order valence-corrected chi connectivity index (χ4v) is 2.64. The average Bonchev–Trinajstić information content (AvgIpc) is 2.86. The molecule has 0 radical (unpaired) electrons. The van der Waals surface area contributed by atoms with Crippen LogP contribution in [0.2, 0.25) is 0 Å². The molecule has 1 N–H and O–H groups in total. The first-order valence-corrected chi connectivity index (χ1v) is 6.99. The molecule has 1 aliphatic rings. The lowest BCUT2D eigenvalue weighted by atomic mass is 9.93. The third-order valence-electron chi connectivity index (χ3n) is 3.97. The number of nitrogens with zero attached hydrogens (tertiary/aromatic N) is 1. The van der Waals surface area contributed by atoms with E-state index in [9.17, 15) is 18.3 Å². The Bertz CT molecular complexity index is 447. The van der Waals surface area contributed by atoms with Gasteiger partial charge in [-0.15, -0.1) is 0 Å². The van der Waals surface area contributed by atoms with Gasteiger partial charge in [0.05, 0.1) is 12.2 Å². The summed E-state index contributed by atoms with van der Waals surface area (Å²) >= 11 is 0. The summed E-state index contributed by atoms with van der Waals surface area (Å²) in [4.78, 5) is 2.20. The maximum atomic E-state index is 12.5. The fraction of sp³-hybridized carbons (Fsp3) is 0.600. The second-order valence-corrected chi connectivity index (χ2v) is 5.59. The Morgan fingerprint density at radius 3 is 2.48 bits per heavy atom. The normalized spacial score (nSPS) is 21.5. The zero-order valence-corrected chi connectivity index (χ0v) is 11.9. The van der Waals surface area contributed by atoms with Crippen LogP contribution in [0.1, 0.15) is 12.0 Å². The fourth-order valence-electron chi connectivity index (χ4n) is 2.64. The molecule has 0 saturated carbocycles. The molecule has 2 atom stereocenters. The van der Waals surface area contributed by atoms with Crippen LogP contribution in [0.3, 0.4) is 0 Å². The molecule has 1 aliphatic heterocycles. The Morgan fingerprint density at radius 2 is 2.00 bits per heavy atom. The van der Waals surface area contributed by atoms with Gasteiger partial charge in [0.2, 0.25) is 0 Å². The Kier molecular flexibility index (Phi) is 5.11. The van der Waals surface area contributed by atoms with Gasteiger partial charge < -0.3 is 14.7 Å². The van der Waals surface area contributed by atoms with Gasteiger partial charge in [-0.25, -0.2) is 0 Å². The molecular weight excluding hydrogens is 283 g/mol. The number of aliphatic hydroxyl groups excluding tert-OH is 1. The van der Waals surface area contributed by atoms with E-state index in [0.717, 1.165) is 31.6 Å². The van der Waals surface area contributed by atoms with Gasteiger partial charge in [-0.3, -0.25) is 0 Å². The SMILES string of the molecule is CN1CCC(C(CO)COc2ccc(C(F)(F)F)cc2)C1. The van der Waals surface area contributed by atoms with Crippen LogP contribution in [-0.4, -0.2) is 43.4 Å². The van der Waals surface area contributed by atoms with Crippen molar-refractivity contribution < 1.29 is 23.0 Å². The Hall–Kier alpha value is -1.27. The molecule has 3 nitrogen and oxygen atoms in total. The Morgan fingerprint density at radius 1 is 1.33 bits per heavy atom. The lowest BCUT2D eigenvalue weighted by molar-refractivity contribution is -0.137. The van der Waals surface area contributed by atoms with Crippen LogP contribution >= 0.6 is 0 Å². The molecule has 0 aromatic heterocycles. The van der Waals surface area contributed by atoms with E-state index in [1.165, 1.54) is 12.1 Å². The highest BCUT2D eigenvalue weighted by atomic mass is 19.4. The van der Waals surface area contributed by atoms with Crippen LogP contribution in [0.4, 0.5) is 13.2 Å². The number of alkyl halides is 3. The summed E-state index contributed by atoms with van der Waals surface area (Å²) in [6.45, 7) is 2.27. The third kappa shape index (κ3) is 4.35. The molecule has 1 heterocycles. The number of likely N-dealkylation sites (tertiary alicyclic amines) is 1. The minimum absolute atomic E-state index is 0.0113. The van der Waals surface area contributed by atoms with Crippen molar-refractivity contribution in [1.29, 1.82) is 0 Å². The van der Waals surface area contributed by atoms with Crippen molar-refractivity contribution in [3.8, 4) is 5.75 Å². The van der Waals surface area contributed by atoms with E-state index >= 15 is 0 Å². The average molecular weight is 303 g/mol. The molecule has 1 fully saturated rings. The number of ether oxygens (including phenoxy) is 1. The van der Waals surface area contributed by atoms with Crippen molar-refractivity contribution in [2.75, 3.05) is 33.4 Å². The van der Waals surface area contributed by atoms with Crippen LogP contribution in [0, 0.1) is 11.8 Å². The number of hydrogen-bond acceptors (Lipinski definition) is 3. The molecule has 0 bridgehead atoms. The largest absolute Gasteiger partial charge is 0.493 e. The first kappa shape index (κ1) is 16.1. The maximum absolute atomic E-state index is 12.5. The van der Waals surface area contributed by atoms with Crippen molar-refractivity contribution in [1.82, 2.24) is 4.90 Å².